The molecule has 0 heterocycles. The van der Waals surface area contributed by atoms with Gasteiger partial charge in [0, 0.05) is 0 Å². The van der Waals surface area contributed by atoms with Crippen LogP contribution in [0.5, 0.6) is 0 Å². The SMILES string of the molecule is C=[C](F)[Ti](=[O])=[O]. The van der Waals surface area contributed by atoms with E-state index in [9.17, 15) is 11.0 Å². The summed E-state index contributed by atoms with van der Waals surface area (Å²) in [4.78, 5) is 0. The van der Waals surface area contributed by atoms with Gasteiger partial charge in [-0.15, -0.1) is 0 Å². The van der Waals surface area contributed by atoms with Crippen LogP contribution in [0.3, 0.4) is 0 Å². The fourth-order valence-corrected chi connectivity index (χ4v) is 0. The van der Waals surface area contributed by atoms with Crippen molar-refractivity contribution in [1.82, 2.24) is 0 Å². The molecule has 33 valence electrons. The summed E-state index contributed by atoms with van der Waals surface area (Å²) in [5, 5.41) is 0. The third-order valence-corrected chi connectivity index (χ3v) is 0.913. The van der Waals surface area contributed by atoms with E-state index >= 15 is 0 Å². The summed E-state index contributed by atoms with van der Waals surface area (Å²) in [5.41, 5.74) is 0. The molecular weight excluding hydrogens is 123 g/mol. The molecule has 0 aliphatic rings. The molecule has 0 N–H and O–H groups in total. The Labute approximate surface area is 40.1 Å². The minimum absolute atomic E-state index is 1.19. The molecular formula is C2H2FO2Ti. The van der Waals surface area contributed by atoms with Gasteiger partial charge >= 0.3 is 39.6 Å². The molecule has 0 amide bonds. The van der Waals surface area contributed by atoms with Crippen molar-refractivity contribution in [2.24, 2.45) is 0 Å². The molecule has 4 heteroatoms. The van der Waals surface area contributed by atoms with Crippen molar-refractivity contribution in [2.45, 2.75) is 0 Å². The first-order valence-corrected chi connectivity index (χ1v) is 3.26. The first-order chi connectivity index (χ1) is 2.64. The van der Waals surface area contributed by atoms with Gasteiger partial charge in [0.1, 0.15) is 0 Å². The molecule has 0 radical (unpaired) electrons. The zero-order valence-corrected chi connectivity index (χ0v) is 4.46. The molecule has 6 heavy (non-hydrogen) atoms. The number of halogens is 1. The molecule has 0 unspecified atom stereocenters. The molecule has 0 aliphatic carbocycles. The topological polar surface area (TPSA) is 34.1 Å². The van der Waals surface area contributed by atoms with E-state index in [0.717, 1.165) is 0 Å². The van der Waals surface area contributed by atoms with E-state index in [1.807, 2.05) is 0 Å². The molecule has 0 aromatic rings. The predicted octanol–water partition coefficient (Wildman–Crippen LogP) is 0.736. The number of hydrogen-bond donors (Lipinski definition) is 0. The molecule has 0 spiro atoms. The van der Waals surface area contributed by atoms with Crippen LogP contribution in [-0.4, -0.2) is 0 Å². The van der Waals surface area contributed by atoms with Crippen molar-refractivity contribution in [3.63, 3.8) is 0 Å². The summed E-state index contributed by atoms with van der Waals surface area (Å²) in [7, 11) is 0. The molecule has 0 bridgehead atoms. The predicted molar refractivity (Wildman–Crippen MR) is 11.6 cm³/mol. The van der Waals surface area contributed by atoms with Crippen LogP contribution >= 0.6 is 0 Å². The van der Waals surface area contributed by atoms with Gasteiger partial charge < -0.3 is 0 Å². The van der Waals surface area contributed by atoms with E-state index in [2.05, 4.69) is 6.58 Å². The second-order valence-electron chi connectivity index (χ2n) is 0.692. The van der Waals surface area contributed by atoms with Crippen LogP contribution in [0.1, 0.15) is 0 Å². The molecule has 0 aromatic heterocycles. The van der Waals surface area contributed by atoms with Crippen LogP contribution in [0, 0.1) is 0 Å². The Bertz CT molecular complexity index is 118. The average Bonchev–Trinajstić information content (AvgIpc) is 1.36. The summed E-state index contributed by atoms with van der Waals surface area (Å²) in [5.74, 6) is 0. The van der Waals surface area contributed by atoms with Crippen LogP contribution in [0.2, 0.25) is 0 Å². The van der Waals surface area contributed by atoms with Gasteiger partial charge in [0.25, 0.3) is 0 Å². The third-order valence-electron chi connectivity index (χ3n) is 0.221. The summed E-state index contributed by atoms with van der Waals surface area (Å²) in [6, 6.07) is 0. The summed E-state index contributed by atoms with van der Waals surface area (Å²) < 4.78 is 28.6. The second kappa shape index (κ2) is 2.21. The standard InChI is InChI=1S/C2H2F.2O.Ti/c1-2-3;;;/h1H2;;;. The van der Waals surface area contributed by atoms with E-state index < -0.39 is 21.9 Å². The minimum atomic E-state index is -3.82. The van der Waals surface area contributed by atoms with Gasteiger partial charge in [0.2, 0.25) is 0 Å². The van der Waals surface area contributed by atoms with Gasteiger partial charge in [-0.05, 0) is 0 Å². The van der Waals surface area contributed by atoms with Gasteiger partial charge in [0.15, 0.2) is 0 Å². The van der Waals surface area contributed by atoms with Crippen molar-refractivity contribution in [2.75, 3.05) is 0 Å². The van der Waals surface area contributed by atoms with E-state index in [1.54, 1.807) is 0 Å². The van der Waals surface area contributed by atoms with Gasteiger partial charge in [0.05, 0.1) is 0 Å². The molecule has 2 nitrogen and oxygen atoms in total. The van der Waals surface area contributed by atoms with E-state index in [-0.39, 0.29) is 0 Å². The van der Waals surface area contributed by atoms with Crippen LogP contribution in [-0.2, 0) is 24.5 Å². The summed E-state index contributed by atoms with van der Waals surface area (Å²) in [6.45, 7) is 2.54. The van der Waals surface area contributed by atoms with Crippen LogP contribution in [0.4, 0.5) is 4.39 Å². The van der Waals surface area contributed by atoms with E-state index in [1.165, 1.54) is 0 Å². The Kier molecular flexibility index (Phi) is 2.20. The zero-order valence-electron chi connectivity index (χ0n) is 2.90. The molecule has 0 aromatic carbocycles. The molecule has 0 atom stereocenters. The second-order valence-corrected chi connectivity index (χ2v) is 2.44. The molecule has 0 aliphatic heterocycles. The van der Waals surface area contributed by atoms with E-state index in [0.29, 0.717) is 0 Å². The van der Waals surface area contributed by atoms with Crippen LogP contribution < -0.4 is 0 Å². The molecule has 0 saturated heterocycles. The number of hydrogen-bond acceptors (Lipinski definition) is 2. The van der Waals surface area contributed by atoms with Crippen molar-refractivity contribution in [3.05, 3.63) is 10.7 Å². The normalized spacial score (nSPS) is 7.50. The first-order valence-electron chi connectivity index (χ1n) is 1.20. The van der Waals surface area contributed by atoms with Crippen molar-refractivity contribution >= 4 is 0 Å². The molecule has 0 saturated carbocycles. The fourth-order valence-electron chi connectivity index (χ4n) is 0. The summed E-state index contributed by atoms with van der Waals surface area (Å²) in [6.07, 6.45) is 0. The maximum absolute atomic E-state index is 11.1. The van der Waals surface area contributed by atoms with E-state index in [4.69, 9.17) is 0 Å². The van der Waals surface area contributed by atoms with Crippen molar-refractivity contribution < 1.29 is 28.8 Å². The van der Waals surface area contributed by atoms with Crippen molar-refractivity contribution in [1.29, 1.82) is 0 Å². The van der Waals surface area contributed by atoms with Gasteiger partial charge in [-0.3, -0.25) is 0 Å². The maximum atomic E-state index is 11.1. The monoisotopic (exact) mass is 125 g/mol. The Morgan fingerprint density at radius 3 is 1.83 bits per heavy atom. The van der Waals surface area contributed by atoms with Gasteiger partial charge in [-0.2, -0.15) is 0 Å². The quantitative estimate of drug-likeness (QED) is 0.484. The van der Waals surface area contributed by atoms with Crippen LogP contribution in [0.25, 0.3) is 0 Å². The Hall–Kier alpha value is -0.0157. The Balaban J connectivity index is 3.94. The van der Waals surface area contributed by atoms with Gasteiger partial charge in [-0.25, -0.2) is 0 Å². The number of rotatable bonds is 1. The van der Waals surface area contributed by atoms with Gasteiger partial charge in [-0.1, -0.05) is 0 Å². The molecule has 0 rings (SSSR count). The zero-order chi connectivity index (χ0) is 5.15. The van der Waals surface area contributed by atoms with Crippen LogP contribution in [0.15, 0.2) is 10.7 Å². The van der Waals surface area contributed by atoms with Crippen molar-refractivity contribution in [3.8, 4) is 0 Å². The summed E-state index contributed by atoms with van der Waals surface area (Å²) >= 11 is -3.82. The average molecular weight is 125 g/mol. The Morgan fingerprint density at radius 1 is 1.67 bits per heavy atom. The fraction of sp³-hybridized carbons (Fsp3) is 0. The Morgan fingerprint density at radius 2 is 1.83 bits per heavy atom. The molecule has 0 fully saturated rings. The third kappa shape index (κ3) is 2.24. The first kappa shape index (κ1) is 5.98.